The van der Waals surface area contributed by atoms with E-state index in [9.17, 15) is 14.9 Å². The SMILES string of the molecule is CCOC(=O)CN(Cc1ccccc1)c1nc(NCc2ccccc2)ncc1[N+](=O)[O-]. The minimum atomic E-state index is -0.556. The van der Waals surface area contributed by atoms with E-state index in [0.29, 0.717) is 6.54 Å². The lowest BCUT2D eigenvalue weighted by atomic mass is 10.2. The molecule has 0 bridgehead atoms. The van der Waals surface area contributed by atoms with Gasteiger partial charge < -0.3 is 15.0 Å². The smallest absolute Gasteiger partial charge is 0.329 e. The number of benzene rings is 2. The molecule has 0 aliphatic carbocycles. The molecule has 1 heterocycles. The average Bonchev–Trinajstić information content (AvgIpc) is 2.78. The maximum absolute atomic E-state index is 12.2. The van der Waals surface area contributed by atoms with Gasteiger partial charge in [-0.05, 0) is 18.1 Å². The van der Waals surface area contributed by atoms with Crippen LogP contribution in [-0.4, -0.2) is 34.0 Å². The second kappa shape index (κ2) is 10.7. The van der Waals surface area contributed by atoms with Crippen molar-refractivity contribution in [2.24, 2.45) is 0 Å². The lowest BCUT2D eigenvalue weighted by Gasteiger charge is -2.23. The average molecular weight is 421 g/mol. The van der Waals surface area contributed by atoms with Crippen LogP contribution < -0.4 is 10.2 Å². The van der Waals surface area contributed by atoms with Gasteiger partial charge in [0.1, 0.15) is 12.7 Å². The minimum Gasteiger partial charge on any atom is -0.465 e. The first-order chi connectivity index (χ1) is 15.1. The second-order valence-electron chi connectivity index (χ2n) is 6.65. The molecular weight excluding hydrogens is 398 g/mol. The fourth-order valence-electron chi connectivity index (χ4n) is 2.96. The molecule has 0 spiro atoms. The summed E-state index contributed by atoms with van der Waals surface area (Å²) in [5, 5.41) is 14.7. The molecule has 0 unspecified atom stereocenters. The molecule has 0 atom stereocenters. The third kappa shape index (κ3) is 6.23. The molecule has 0 aliphatic rings. The number of hydrogen-bond acceptors (Lipinski definition) is 8. The van der Waals surface area contributed by atoms with Crippen molar-refractivity contribution < 1.29 is 14.5 Å². The first kappa shape index (κ1) is 21.7. The van der Waals surface area contributed by atoms with Gasteiger partial charge in [-0.15, -0.1) is 0 Å². The summed E-state index contributed by atoms with van der Waals surface area (Å²) in [7, 11) is 0. The van der Waals surface area contributed by atoms with Crippen molar-refractivity contribution in [1.82, 2.24) is 9.97 Å². The van der Waals surface area contributed by atoms with E-state index in [2.05, 4.69) is 15.3 Å². The number of anilines is 2. The molecule has 0 radical (unpaired) electrons. The molecule has 3 aromatic rings. The summed E-state index contributed by atoms with van der Waals surface area (Å²) >= 11 is 0. The lowest BCUT2D eigenvalue weighted by molar-refractivity contribution is -0.384. The second-order valence-corrected chi connectivity index (χ2v) is 6.65. The Bertz CT molecular complexity index is 1010. The highest BCUT2D eigenvalue weighted by Crippen LogP contribution is 2.27. The van der Waals surface area contributed by atoms with Crippen LogP contribution in [0.3, 0.4) is 0 Å². The van der Waals surface area contributed by atoms with Crippen LogP contribution in [0.5, 0.6) is 0 Å². The van der Waals surface area contributed by atoms with Crippen molar-refractivity contribution in [2.75, 3.05) is 23.4 Å². The van der Waals surface area contributed by atoms with Crippen molar-refractivity contribution in [3.63, 3.8) is 0 Å². The van der Waals surface area contributed by atoms with E-state index in [0.717, 1.165) is 17.3 Å². The normalized spacial score (nSPS) is 10.4. The minimum absolute atomic E-state index is 0.0486. The number of esters is 1. The predicted molar refractivity (Wildman–Crippen MR) is 117 cm³/mol. The highest BCUT2D eigenvalue weighted by atomic mass is 16.6. The largest absolute Gasteiger partial charge is 0.465 e. The van der Waals surface area contributed by atoms with Crippen LogP contribution in [-0.2, 0) is 22.6 Å². The Morgan fingerprint density at radius 1 is 1.10 bits per heavy atom. The zero-order valence-electron chi connectivity index (χ0n) is 17.1. The van der Waals surface area contributed by atoms with E-state index in [-0.39, 0.29) is 37.1 Å². The van der Waals surface area contributed by atoms with Crippen molar-refractivity contribution in [3.05, 3.63) is 88.1 Å². The quantitative estimate of drug-likeness (QED) is 0.300. The molecule has 1 N–H and O–H groups in total. The number of nitrogens with zero attached hydrogens (tertiary/aromatic N) is 4. The van der Waals surface area contributed by atoms with Gasteiger partial charge in [0.15, 0.2) is 0 Å². The summed E-state index contributed by atoms with van der Waals surface area (Å²) in [6, 6.07) is 19.0. The first-order valence-corrected chi connectivity index (χ1v) is 9.80. The van der Waals surface area contributed by atoms with Crippen LogP contribution in [0.1, 0.15) is 18.1 Å². The third-order valence-corrected chi connectivity index (χ3v) is 4.38. The Labute approximate surface area is 179 Å². The number of aromatic nitrogens is 2. The highest BCUT2D eigenvalue weighted by molar-refractivity contribution is 5.77. The third-order valence-electron chi connectivity index (χ3n) is 4.38. The number of carbonyl (C=O) groups is 1. The molecule has 0 saturated carbocycles. The Morgan fingerprint density at radius 3 is 2.35 bits per heavy atom. The van der Waals surface area contributed by atoms with Gasteiger partial charge in [0.25, 0.3) is 0 Å². The number of nitrogens with one attached hydrogen (secondary N) is 1. The van der Waals surface area contributed by atoms with Gasteiger partial charge in [0, 0.05) is 13.1 Å². The lowest BCUT2D eigenvalue weighted by Crippen LogP contribution is -2.32. The maximum Gasteiger partial charge on any atom is 0.329 e. The van der Waals surface area contributed by atoms with Crippen molar-refractivity contribution in [1.29, 1.82) is 0 Å². The van der Waals surface area contributed by atoms with E-state index < -0.39 is 10.9 Å². The van der Waals surface area contributed by atoms with Gasteiger partial charge >= 0.3 is 11.7 Å². The molecule has 3 rings (SSSR count). The topological polar surface area (TPSA) is 110 Å². The Hall–Kier alpha value is -4.01. The van der Waals surface area contributed by atoms with Crippen LogP contribution >= 0.6 is 0 Å². The summed E-state index contributed by atoms with van der Waals surface area (Å²) in [6.45, 7) is 2.44. The zero-order valence-corrected chi connectivity index (χ0v) is 17.1. The number of ether oxygens (including phenoxy) is 1. The molecule has 2 aromatic carbocycles. The first-order valence-electron chi connectivity index (χ1n) is 9.80. The maximum atomic E-state index is 12.2. The fraction of sp³-hybridized carbons (Fsp3) is 0.227. The standard InChI is InChI=1S/C22H23N5O4/c1-2-31-20(28)16-26(15-18-11-7-4-8-12-18)21-19(27(29)30)14-24-22(25-21)23-13-17-9-5-3-6-10-17/h3-12,14H,2,13,15-16H2,1H3,(H,23,24,25). The van der Waals surface area contributed by atoms with Crippen LogP contribution in [0.2, 0.25) is 0 Å². The Morgan fingerprint density at radius 2 is 1.74 bits per heavy atom. The molecule has 1 aromatic heterocycles. The van der Waals surface area contributed by atoms with Crippen LogP contribution in [0, 0.1) is 10.1 Å². The van der Waals surface area contributed by atoms with E-state index in [4.69, 9.17) is 4.74 Å². The number of nitro groups is 1. The molecule has 9 heteroatoms. The molecule has 9 nitrogen and oxygen atoms in total. The fourth-order valence-corrected chi connectivity index (χ4v) is 2.96. The summed E-state index contributed by atoms with van der Waals surface area (Å²) in [5.41, 5.74) is 1.60. The van der Waals surface area contributed by atoms with Gasteiger partial charge in [-0.2, -0.15) is 4.98 Å². The van der Waals surface area contributed by atoms with Gasteiger partial charge in [-0.1, -0.05) is 60.7 Å². The van der Waals surface area contributed by atoms with Crippen molar-refractivity contribution >= 4 is 23.4 Å². The molecule has 0 aliphatic heterocycles. The molecular formula is C22H23N5O4. The van der Waals surface area contributed by atoms with E-state index >= 15 is 0 Å². The Kier molecular flexibility index (Phi) is 7.47. The van der Waals surface area contributed by atoms with E-state index in [1.807, 2.05) is 60.7 Å². The molecule has 0 fully saturated rings. The molecule has 0 amide bonds. The van der Waals surface area contributed by atoms with Gasteiger partial charge in [0.2, 0.25) is 11.8 Å². The number of rotatable bonds is 10. The van der Waals surface area contributed by atoms with E-state index in [1.54, 1.807) is 6.92 Å². The zero-order chi connectivity index (χ0) is 22.1. The Balaban J connectivity index is 1.91. The molecule has 160 valence electrons. The van der Waals surface area contributed by atoms with Crippen LogP contribution in [0.4, 0.5) is 17.5 Å². The van der Waals surface area contributed by atoms with Crippen LogP contribution in [0.15, 0.2) is 66.9 Å². The van der Waals surface area contributed by atoms with E-state index in [1.165, 1.54) is 4.90 Å². The summed E-state index contributed by atoms with van der Waals surface area (Å²) in [6.07, 6.45) is 1.15. The number of hydrogen-bond donors (Lipinski definition) is 1. The number of carbonyl (C=O) groups excluding carboxylic acids is 1. The highest BCUT2D eigenvalue weighted by Gasteiger charge is 2.25. The van der Waals surface area contributed by atoms with Crippen molar-refractivity contribution in [2.45, 2.75) is 20.0 Å². The van der Waals surface area contributed by atoms with Gasteiger partial charge in [-0.25, -0.2) is 4.98 Å². The van der Waals surface area contributed by atoms with Gasteiger partial charge in [0.05, 0.1) is 11.5 Å². The summed E-state index contributed by atoms with van der Waals surface area (Å²) in [5.74, 6) is -0.219. The molecule has 0 saturated heterocycles. The molecule has 31 heavy (non-hydrogen) atoms. The summed E-state index contributed by atoms with van der Waals surface area (Å²) < 4.78 is 5.06. The summed E-state index contributed by atoms with van der Waals surface area (Å²) in [4.78, 5) is 33.3. The monoisotopic (exact) mass is 421 g/mol. The van der Waals surface area contributed by atoms with Crippen LogP contribution in [0.25, 0.3) is 0 Å². The van der Waals surface area contributed by atoms with Gasteiger partial charge in [-0.3, -0.25) is 14.9 Å². The van der Waals surface area contributed by atoms with Crippen molar-refractivity contribution in [3.8, 4) is 0 Å². The predicted octanol–water partition coefficient (Wildman–Crippen LogP) is 3.57.